The van der Waals surface area contributed by atoms with E-state index in [1.54, 1.807) is 24.3 Å². The Morgan fingerprint density at radius 3 is 2.51 bits per heavy atom. The molecule has 37 heavy (non-hydrogen) atoms. The van der Waals surface area contributed by atoms with E-state index in [9.17, 15) is 14.7 Å². The number of aromatic nitrogens is 1. The molecule has 4 bridgehead atoms. The Balaban J connectivity index is 1.26. The van der Waals surface area contributed by atoms with Gasteiger partial charge in [0.15, 0.2) is 9.53 Å². The van der Waals surface area contributed by atoms with Gasteiger partial charge in [-0.15, -0.1) is 11.3 Å². The van der Waals surface area contributed by atoms with Gasteiger partial charge < -0.3 is 19.0 Å². The fourth-order valence-electron chi connectivity index (χ4n) is 7.26. The highest BCUT2D eigenvalue weighted by molar-refractivity contribution is 7.73. The maximum Gasteiger partial charge on any atom is 0.351 e. The summed E-state index contributed by atoms with van der Waals surface area (Å²) in [5.41, 5.74) is 0.573. The fourth-order valence-corrected chi connectivity index (χ4v) is 8.59. The van der Waals surface area contributed by atoms with E-state index in [2.05, 4.69) is 0 Å². The van der Waals surface area contributed by atoms with Crippen molar-refractivity contribution in [1.82, 2.24) is 4.57 Å². The van der Waals surface area contributed by atoms with Crippen LogP contribution in [0.1, 0.15) is 53.4 Å². The number of fused-ring (bicyclic) bond motifs is 1. The average molecular weight is 536 g/mol. The third-order valence-electron chi connectivity index (χ3n) is 8.53. The molecule has 1 aliphatic heterocycles. The first-order chi connectivity index (χ1) is 17.9. The summed E-state index contributed by atoms with van der Waals surface area (Å²) >= 11 is 7.08. The molecule has 0 radical (unpaired) electrons. The first-order valence-corrected chi connectivity index (χ1v) is 13.8. The maximum atomic E-state index is 13.1. The predicted octanol–water partition coefficient (Wildman–Crippen LogP) is 4.36. The van der Waals surface area contributed by atoms with Crippen molar-refractivity contribution in [3.05, 3.63) is 55.6 Å². The number of hydrogen-bond donors (Lipinski definition) is 1. The standard InChI is InChI=1S/C28H25NO6S2/c1-33-17-2-4-20-19(11-17)25(30)23(27(32)35-20)21-5-3-18(34-21)12-22-26(31)29(28(36)37-22)24-15-7-13-6-14(9-15)10-16(24)8-13/h2-5,11-16,24,31H,6-10H2,1H3. The summed E-state index contributed by atoms with van der Waals surface area (Å²) in [5, 5.41) is 11.2. The van der Waals surface area contributed by atoms with Crippen molar-refractivity contribution < 1.29 is 28.6 Å². The summed E-state index contributed by atoms with van der Waals surface area (Å²) in [5.74, 6) is 2.41. The monoisotopic (exact) mass is 535 g/mol. The van der Waals surface area contributed by atoms with E-state index in [1.807, 2.05) is 4.57 Å². The van der Waals surface area contributed by atoms with Gasteiger partial charge in [0.05, 0.1) is 17.6 Å². The van der Waals surface area contributed by atoms with Gasteiger partial charge in [-0.3, -0.25) is 9.36 Å². The smallest absolute Gasteiger partial charge is 0.351 e. The summed E-state index contributed by atoms with van der Waals surface area (Å²) in [4.78, 5) is 26.4. The van der Waals surface area contributed by atoms with Gasteiger partial charge in [-0.1, -0.05) is 0 Å². The molecular weight excluding hydrogens is 510 g/mol. The summed E-state index contributed by atoms with van der Waals surface area (Å²) in [6, 6.07) is 8.19. The Kier molecular flexibility index (Phi) is 5.23. The number of ether oxygens (including phenoxy) is 2. The molecule has 3 heterocycles. The molecule has 0 atom stereocenters. The van der Waals surface area contributed by atoms with Gasteiger partial charge in [-0.2, -0.15) is 0 Å². The molecule has 1 aromatic carbocycles. The van der Waals surface area contributed by atoms with E-state index in [4.69, 9.17) is 26.1 Å². The lowest BCUT2D eigenvalue weighted by molar-refractivity contribution is -0.128. The Morgan fingerprint density at radius 1 is 1.08 bits per heavy atom. The van der Waals surface area contributed by atoms with Gasteiger partial charge >= 0.3 is 5.97 Å². The van der Waals surface area contributed by atoms with Crippen LogP contribution in [0.2, 0.25) is 0 Å². The van der Waals surface area contributed by atoms with E-state index >= 15 is 0 Å². The molecule has 0 spiro atoms. The van der Waals surface area contributed by atoms with Crippen LogP contribution in [0.5, 0.6) is 17.4 Å². The Morgan fingerprint density at radius 2 is 1.81 bits per heavy atom. The number of aromatic hydroxyl groups is 1. The second kappa shape index (κ2) is 8.43. The maximum absolute atomic E-state index is 13.1. The number of esters is 1. The van der Waals surface area contributed by atoms with Crippen molar-refractivity contribution in [3.63, 3.8) is 0 Å². The summed E-state index contributed by atoms with van der Waals surface area (Å²) in [6.07, 6.45) is 8.00. The number of methoxy groups -OCH3 is 1. The van der Waals surface area contributed by atoms with Crippen LogP contribution < -0.4 is 20.3 Å². The number of Topliss-reactive ketones (excluding diaryl/α,β-unsaturated/α-hetero) is 1. The number of rotatable bonds is 3. The quantitative estimate of drug-likeness (QED) is 0.303. The predicted molar refractivity (Wildman–Crippen MR) is 139 cm³/mol. The van der Waals surface area contributed by atoms with Gasteiger partial charge in [0.25, 0.3) is 0 Å². The second-order valence-electron chi connectivity index (χ2n) is 10.6. The molecule has 5 aliphatic rings. The lowest BCUT2D eigenvalue weighted by Gasteiger charge is -2.54. The topological polar surface area (TPSA) is 90.9 Å². The Labute approximate surface area is 221 Å². The third kappa shape index (κ3) is 3.62. The molecule has 0 amide bonds. The van der Waals surface area contributed by atoms with Crippen LogP contribution in [0.15, 0.2) is 34.7 Å². The van der Waals surface area contributed by atoms with Gasteiger partial charge in [0, 0.05) is 12.1 Å². The summed E-state index contributed by atoms with van der Waals surface area (Å²) < 4.78 is 19.1. The van der Waals surface area contributed by atoms with Crippen molar-refractivity contribution in [2.45, 2.75) is 38.1 Å². The zero-order valence-corrected chi connectivity index (χ0v) is 21.8. The third-order valence-corrected chi connectivity index (χ3v) is 9.87. The molecule has 2 aromatic heterocycles. The molecule has 0 unspecified atom stereocenters. The highest BCUT2D eigenvalue weighted by atomic mass is 32.1. The van der Waals surface area contributed by atoms with Crippen LogP contribution in [0, 0.1) is 27.6 Å². The van der Waals surface area contributed by atoms with Crippen LogP contribution in [-0.2, 0) is 4.79 Å². The van der Waals surface area contributed by atoms with Gasteiger partial charge in [-0.05, 0) is 98.3 Å². The molecular formula is C28H25NO6S2. The summed E-state index contributed by atoms with van der Waals surface area (Å²) in [6.45, 7) is 0. The number of hydrogen-bond acceptors (Lipinski definition) is 8. The largest absolute Gasteiger partial charge is 0.497 e. The van der Waals surface area contributed by atoms with Crippen LogP contribution in [-0.4, -0.2) is 28.5 Å². The number of benzene rings is 1. The fraction of sp³-hybridized carbons (Fsp3) is 0.393. The van der Waals surface area contributed by atoms with E-state index in [-0.39, 0.29) is 34.2 Å². The molecule has 0 saturated heterocycles. The van der Waals surface area contributed by atoms with Gasteiger partial charge in [0.1, 0.15) is 22.3 Å². The van der Waals surface area contributed by atoms with E-state index < -0.39 is 11.8 Å². The van der Waals surface area contributed by atoms with Crippen molar-refractivity contribution in [1.29, 1.82) is 0 Å². The van der Waals surface area contributed by atoms with Gasteiger partial charge in [-0.25, -0.2) is 4.79 Å². The molecule has 1 N–H and O–H groups in total. The molecule has 9 heteroatoms. The van der Waals surface area contributed by atoms with Crippen LogP contribution in [0.3, 0.4) is 0 Å². The molecule has 4 aliphatic carbocycles. The van der Waals surface area contributed by atoms with Crippen LogP contribution in [0.4, 0.5) is 0 Å². The van der Waals surface area contributed by atoms with Crippen molar-refractivity contribution >= 4 is 47.0 Å². The second-order valence-corrected chi connectivity index (χ2v) is 12.3. The molecule has 7 nitrogen and oxygen atoms in total. The summed E-state index contributed by atoms with van der Waals surface area (Å²) in [7, 11) is 1.50. The zero-order valence-electron chi connectivity index (χ0n) is 20.1. The number of carbonyl (C=O) groups excluding carboxylic acids is 2. The number of nitrogens with zero attached hydrogens (tertiary/aromatic N) is 1. The number of ketones is 1. The Bertz CT molecular complexity index is 1620. The highest BCUT2D eigenvalue weighted by Crippen LogP contribution is 2.59. The van der Waals surface area contributed by atoms with E-state index in [0.29, 0.717) is 31.8 Å². The molecule has 4 fully saturated rings. The average Bonchev–Trinajstić information content (AvgIpc) is 3.43. The number of furan rings is 1. The minimum Gasteiger partial charge on any atom is -0.497 e. The first kappa shape index (κ1) is 23.0. The minimum absolute atomic E-state index is 0.110. The highest BCUT2D eigenvalue weighted by Gasteiger charge is 2.49. The molecule has 190 valence electrons. The van der Waals surface area contributed by atoms with Crippen LogP contribution in [0.25, 0.3) is 11.6 Å². The first-order valence-electron chi connectivity index (χ1n) is 12.6. The lowest BCUT2D eigenvalue weighted by atomic mass is 9.54. The Hall–Kier alpha value is -3.17. The number of carbonyl (C=O) groups is 2. The molecule has 4 saturated carbocycles. The van der Waals surface area contributed by atoms with E-state index in [1.165, 1.54) is 62.7 Å². The number of thiazole rings is 1. The SMILES string of the molecule is COc1ccc2c(c1)C(=O)C(=c1ccc(=Cc3sc(=S)n(C4C5CC6CC(C5)CC4C6)c3O)o1)C(=O)O2. The molecule has 8 rings (SSSR count). The van der Waals surface area contributed by atoms with Gasteiger partial charge in [0.2, 0.25) is 11.7 Å². The van der Waals surface area contributed by atoms with Crippen molar-refractivity contribution in [2.75, 3.05) is 7.11 Å². The zero-order chi connectivity index (χ0) is 25.4. The van der Waals surface area contributed by atoms with Crippen molar-refractivity contribution in [2.24, 2.45) is 23.7 Å². The normalized spacial score (nSPS) is 30.0. The van der Waals surface area contributed by atoms with E-state index in [0.717, 1.165) is 11.8 Å². The van der Waals surface area contributed by atoms with Crippen LogP contribution >= 0.6 is 23.6 Å². The lowest BCUT2D eigenvalue weighted by Crippen LogP contribution is -2.45. The van der Waals surface area contributed by atoms with Crippen molar-refractivity contribution in [3.8, 4) is 17.4 Å². The molecule has 3 aromatic rings. The minimum atomic E-state index is -0.768.